The quantitative estimate of drug-likeness (QED) is 0.821. The monoisotopic (exact) mass is 306 g/mol. The molecule has 4 nitrogen and oxygen atoms in total. The lowest BCUT2D eigenvalue weighted by molar-refractivity contribution is 0.400. The molecule has 4 atom stereocenters. The Morgan fingerprint density at radius 1 is 1.24 bits per heavy atom. The molecule has 2 bridgehead atoms. The lowest BCUT2D eigenvalue weighted by Crippen LogP contribution is -2.28. The molecule has 1 aromatic rings. The highest BCUT2D eigenvalue weighted by atomic mass is 32.2. The molecule has 21 heavy (non-hydrogen) atoms. The van der Waals surface area contributed by atoms with Gasteiger partial charge >= 0.3 is 0 Å². The van der Waals surface area contributed by atoms with Crippen molar-refractivity contribution in [2.75, 3.05) is 5.32 Å². The number of anilines is 1. The zero-order valence-electron chi connectivity index (χ0n) is 12.2. The number of rotatable bonds is 5. The van der Waals surface area contributed by atoms with Crippen molar-refractivity contribution in [3.05, 3.63) is 42.0 Å². The average molecular weight is 306 g/mol. The van der Waals surface area contributed by atoms with Crippen LogP contribution in [0.5, 0.6) is 0 Å². The van der Waals surface area contributed by atoms with Crippen molar-refractivity contribution in [3.63, 3.8) is 0 Å². The first-order chi connectivity index (χ1) is 9.90. The van der Waals surface area contributed by atoms with Crippen LogP contribution in [0.25, 0.3) is 0 Å². The number of benzene rings is 1. The minimum Gasteiger partial charge on any atom is -0.382 e. The predicted octanol–water partition coefficient (Wildman–Crippen LogP) is 2.49. The van der Waals surface area contributed by atoms with Gasteiger partial charge in [0.05, 0.1) is 5.75 Å². The summed E-state index contributed by atoms with van der Waals surface area (Å²) in [7, 11) is -3.46. The van der Waals surface area contributed by atoms with Crippen molar-refractivity contribution >= 4 is 15.7 Å². The van der Waals surface area contributed by atoms with Crippen LogP contribution in [-0.4, -0.2) is 14.5 Å². The zero-order chi connectivity index (χ0) is 15.0. The summed E-state index contributed by atoms with van der Waals surface area (Å²) in [6.45, 7) is 2.23. The van der Waals surface area contributed by atoms with Gasteiger partial charge in [-0.3, -0.25) is 0 Å². The highest BCUT2D eigenvalue weighted by Gasteiger charge is 2.38. The first-order valence-electron chi connectivity index (χ1n) is 7.45. The number of primary sulfonamides is 1. The van der Waals surface area contributed by atoms with E-state index in [2.05, 4.69) is 24.4 Å². The lowest BCUT2D eigenvalue weighted by Gasteiger charge is -2.27. The Hall–Kier alpha value is -1.33. The van der Waals surface area contributed by atoms with Crippen LogP contribution in [0.3, 0.4) is 0 Å². The van der Waals surface area contributed by atoms with Crippen LogP contribution in [0.15, 0.2) is 36.4 Å². The Morgan fingerprint density at radius 2 is 1.95 bits per heavy atom. The van der Waals surface area contributed by atoms with Gasteiger partial charge < -0.3 is 5.32 Å². The van der Waals surface area contributed by atoms with Gasteiger partial charge in [-0.1, -0.05) is 24.3 Å². The van der Waals surface area contributed by atoms with Crippen molar-refractivity contribution in [1.29, 1.82) is 0 Å². The van der Waals surface area contributed by atoms with Gasteiger partial charge in [0.1, 0.15) is 0 Å². The van der Waals surface area contributed by atoms with Crippen LogP contribution in [0, 0.1) is 17.8 Å². The fraction of sp³-hybridized carbons (Fsp3) is 0.500. The van der Waals surface area contributed by atoms with Gasteiger partial charge in [-0.25, -0.2) is 13.6 Å². The number of sulfonamides is 1. The maximum absolute atomic E-state index is 11.1. The number of hydrogen-bond donors (Lipinski definition) is 2. The molecular weight excluding hydrogens is 284 g/mol. The highest BCUT2D eigenvalue weighted by molar-refractivity contribution is 7.88. The van der Waals surface area contributed by atoms with E-state index in [1.165, 1.54) is 12.8 Å². The Bertz CT molecular complexity index is 637. The van der Waals surface area contributed by atoms with Gasteiger partial charge in [-0.15, -0.1) is 0 Å². The molecule has 4 unspecified atom stereocenters. The van der Waals surface area contributed by atoms with E-state index in [4.69, 9.17) is 5.14 Å². The smallest absolute Gasteiger partial charge is 0.213 e. The molecule has 0 aliphatic heterocycles. The Labute approximate surface area is 126 Å². The SMILES string of the molecule is CC(Nc1ccc(CS(N)(=O)=O)cc1)C1CC2C=CC1C2. The average Bonchev–Trinajstić information content (AvgIpc) is 3.01. The van der Waals surface area contributed by atoms with Crippen molar-refractivity contribution < 1.29 is 8.42 Å². The van der Waals surface area contributed by atoms with E-state index in [9.17, 15) is 8.42 Å². The lowest BCUT2D eigenvalue weighted by atomic mass is 9.87. The summed E-state index contributed by atoms with van der Waals surface area (Å²) < 4.78 is 22.1. The van der Waals surface area contributed by atoms with E-state index in [0.717, 1.165) is 23.1 Å². The highest BCUT2D eigenvalue weighted by Crippen LogP contribution is 2.45. The summed E-state index contributed by atoms with van der Waals surface area (Å²) in [6.07, 6.45) is 7.31. The van der Waals surface area contributed by atoms with E-state index in [1.807, 2.05) is 24.3 Å². The minimum absolute atomic E-state index is 0.111. The number of nitrogens with one attached hydrogen (secondary N) is 1. The van der Waals surface area contributed by atoms with Crippen LogP contribution in [0.1, 0.15) is 25.3 Å². The normalized spacial score (nSPS) is 28.8. The van der Waals surface area contributed by atoms with Gasteiger partial charge in [-0.2, -0.15) is 0 Å². The Balaban J connectivity index is 1.61. The van der Waals surface area contributed by atoms with Crippen molar-refractivity contribution in [2.45, 2.75) is 31.6 Å². The molecule has 3 N–H and O–H groups in total. The Morgan fingerprint density at radius 3 is 2.48 bits per heavy atom. The van der Waals surface area contributed by atoms with Crippen LogP contribution in [0.2, 0.25) is 0 Å². The van der Waals surface area contributed by atoms with Crippen molar-refractivity contribution in [3.8, 4) is 0 Å². The largest absolute Gasteiger partial charge is 0.382 e. The third-order valence-corrected chi connectivity index (χ3v) is 5.42. The zero-order valence-corrected chi connectivity index (χ0v) is 13.0. The maximum Gasteiger partial charge on any atom is 0.213 e. The van der Waals surface area contributed by atoms with Crippen LogP contribution in [0.4, 0.5) is 5.69 Å². The van der Waals surface area contributed by atoms with Gasteiger partial charge in [0.15, 0.2) is 0 Å². The topological polar surface area (TPSA) is 72.2 Å². The van der Waals surface area contributed by atoms with Crippen LogP contribution < -0.4 is 10.5 Å². The van der Waals surface area contributed by atoms with E-state index >= 15 is 0 Å². The molecule has 1 aromatic carbocycles. The molecular formula is C16H22N2O2S. The molecule has 3 rings (SSSR count). The molecule has 1 fully saturated rings. The van der Waals surface area contributed by atoms with Gasteiger partial charge in [0.2, 0.25) is 10.0 Å². The fourth-order valence-corrected chi connectivity index (χ4v) is 4.35. The molecule has 1 saturated carbocycles. The number of hydrogen-bond acceptors (Lipinski definition) is 3. The van der Waals surface area contributed by atoms with Crippen molar-refractivity contribution in [1.82, 2.24) is 0 Å². The number of allylic oxidation sites excluding steroid dienone is 2. The molecule has 0 saturated heterocycles. The van der Waals surface area contributed by atoms with E-state index in [0.29, 0.717) is 12.0 Å². The molecule has 2 aliphatic carbocycles. The van der Waals surface area contributed by atoms with E-state index < -0.39 is 10.0 Å². The molecule has 0 amide bonds. The molecule has 114 valence electrons. The second-order valence-corrected chi connectivity index (χ2v) is 8.00. The van der Waals surface area contributed by atoms with Crippen LogP contribution in [-0.2, 0) is 15.8 Å². The van der Waals surface area contributed by atoms with Gasteiger partial charge in [-0.05, 0) is 55.2 Å². The van der Waals surface area contributed by atoms with Crippen molar-refractivity contribution in [2.24, 2.45) is 22.9 Å². The number of fused-ring (bicyclic) bond motifs is 2. The predicted molar refractivity (Wildman–Crippen MR) is 85.2 cm³/mol. The van der Waals surface area contributed by atoms with Gasteiger partial charge in [0, 0.05) is 11.7 Å². The third-order valence-electron chi connectivity index (χ3n) is 4.69. The molecule has 5 heteroatoms. The second-order valence-electron chi connectivity index (χ2n) is 6.38. The molecule has 0 aromatic heterocycles. The molecule has 0 radical (unpaired) electrons. The summed E-state index contributed by atoms with van der Waals surface area (Å²) in [6, 6.07) is 7.93. The summed E-state index contributed by atoms with van der Waals surface area (Å²) in [5, 5.41) is 8.60. The summed E-state index contributed by atoms with van der Waals surface area (Å²) in [5.41, 5.74) is 1.76. The second kappa shape index (κ2) is 5.46. The first kappa shape index (κ1) is 14.6. The summed E-state index contributed by atoms with van der Waals surface area (Å²) >= 11 is 0. The fourth-order valence-electron chi connectivity index (χ4n) is 3.70. The first-order valence-corrected chi connectivity index (χ1v) is 9.16. The molecule has 0 heterocycles. The standard InChI is InChI=1S/C16H22N2O2S/c1-11(16-9-13-2-5-14(16)8-13)18-15-6-3-12(4-7-15)10-21(17,19)20/h2-7,11,13-14,16,18H,8-10H2,1H3,(H2,17,19,20). The maximum atomic E-state index is 11.1. The molecule has 2 aliphatic rings. The number of nitrogens with two attached hydrogens (primary N) is 1. The van der Waals surface area contributed by atoms with E-state index in [1.54, 1.807) is 0 Å². The van der Waals surface area contributed by atoms with Crippen LogP contribution >= 0.6 is 0 Å². The van der Waals surface area contributed by atoms with E-state index in [-0.39, 0.29) is 5.75 Å². The summed E-state index contributed by atoms with van der Waals surface area (Å²) in [4.78, 5) is 0. The summed E-state index contributed by atoms with van der Waals surface area (Å²) in [5.74, 6) is 2.09. The molecule has 0 spiro atoms. The Kier molecular flexibility index (Phi) is 3.80. The van der Waals surface area contributed by atoms with Gasteiger partial charge in [0.25, 0.3) is 0 Å². The minimum atomic E-state index is -3.46. The third kappa shape index (κ3) is 3.47.